The summed E-state index contributed by atoms with van der Waals surface area (Å²) in [6.07, 6.45) is 1.64. The Morgan fingerprint density at radius 2 is 2.32 bits per heavy atom. The molecule has 6 nitrogen and oxygen atoms in total. The predicted molar refractivity (Wildman–Crippen MR) is 74.7 cm³/mol. The summed E-state index contributed by atoms with van der Waals surface area (Å²) in [6, 6.07) is 0. The minimum atomic E-state index is -3.22. The Kier molecular flexibility index (Phi) is 5.58. The lowest BCUT2D eigenvalue weighted by Gasteiger charge is -2.32. The lowest BCUT2D eigenvalue weighted by atomic mass is 10.2. The minimum Gasteiger partial charge on any atom is -0.374 e. The van der Waals surface area contributed by atoms with Crippen molar-refractivity contribution in [2.45, 2.75) is 31.1 Å². The molecule has 2 rings (SSSR count). The van der Waals surface area contributed by atoms with Crippen LogP contribution in [-0.2, 0) is 14.8 Å². The van der Waals surface area contributed by atoms with Gasteiger partial charge >= 0.3 is 0 Å². The maximum absolute atomic E-state index is 12.2. The van der Waals surface area contributed by atoms with Gasteiger partial charge in [-0.3, -0.25) is 4.90 Å². The zero-order valence-electron chi connectivity index (χ0n) is 11.6. The van der Waals surface area contributed by atoms with Gasteiger partial charge in [0, 0.05) is 26.2 Å². The quantitative estimate of drug-likeness (QED) is 0.706. The summed E-state index contributed by atoms with van der Waals surface area (Å²) in [7, 11) is -3.22. The molecule has 0 bridgehead atoms. The van der Waals surface area contributed by atoms with E-state index in [1.165, 1.54) is 0 Å². The summed E-state index contributed by atoms with van der Waals surface area (Å²) in [5.41, 5.74) is 0. The van der Waals surface area contributed by atoms with E-state index >= 15 is 0 Å². The van der Waals surface area contributed by atoms with Crippen LogP contribution < -0.4 is 10.0 Å². The third-order valence-corrected chi connectivity index (χ3v) is 5.72. The molecule has 112 valence electrons. The smallest absolute Gasteiger partial charge is 0.215 e. The third-order valence-electron chi connectivity index (χ3n) is 3.87. The molecule has 0 aromatic heterocycles. The first-order valence-corrected chi connectivity index (χ1v) is 8.69. The highest BCUT2D eigenvalue weighted by Gasteiger charge is 2.28. The van der Waals surface area contributed by atoms with Gasteiger partial charge in [0.15, 0.2) is 0 Å². The van der Waals surface area contributed by atoms with Crippen LogP contribution in [0.5, 0.6) is 0 Å². The molecule has 0 radical (unpaired) electrons. The van der Waals surface area contributed by atoms with E-state index in [2.05, 4.69) is 21.9 Å². The van der Waals surface area contributed by atoms with Crippen molar-refractivity contribution in [2.24, 2.45) is 0 Å². The number of nitrogens with one attached hydrogen (secondary N) is 2. The highest BCUT2D eigenvalue weighted by molar-refractivity contribution is 7.90. The van der Waals surface area contributed by atoms with Gasteiger partial charge in [-0.15, -0.1) is 0 Å². The van der Waals surface area contributed by atoms with Crippen LogP contribution >= 0.6 is 0 Å². The van der Waals surface area contributed by atoms with Gasteiger partial charge in [-0.25, -0.2) is 13.1 Å². The number of hydrogen-bond donors (Lipinski definition) is 2. The molecule has 7 heteroatoms. The normalized spacial score (nSPS) is 30.4. The van der Waals surface area contributed by atoms with E-state index in [0.717, 1.165) is 39.0 Å². The SMILES string of the molecule is CCN1CCOC(CNS(=O)(=O)C2CCCNC2)C1. The molecular formula is C12H25N3O3S. The zero-order valence-corrected chi connectivity index (χ0v) is 12.4. The first-order valence-electron chi connectivity index (χ1n) is 7.15. The first-order chi connectivity index (χ1) is 9.12. The van der Waals surface area contributed by atoms with E-state index in [9.17, 15) is 8.42 Å². The molecule has 2 fully saturated rings. The molecule has 2 N–H and O–H groups in total. The van der Waals surface area contributed by atoms with Gasteiger partial charge < -0.3 is 10.1 Å². The van der Waals surface area contributed by atoms with Crippen LogP contribution in [0.3, 0.4) is 0 Å². The molecule has 2 atom stereocenters. The van der Waals surface area contributed by atoms with Crippen molar-refractivity contribution in [2.75, 3.05) is 45.9 Å². The fraction of sp³-hybridized carbons (Fsp3) is 1.00. The van der Waals surface area contributed by atoms with Crippen LogP contribution in [0.25, 0.3) is 0 Å². The predicted octanol–water partition coefficient (Wildman–Crippen LogP) is -0.621. The van der Waals surface area contributed by atoms with E-state index in [1.807, 2.05) is 0 Å². The second-order valence-electron chi connectivity index (χ2n) is 5.25. The van der Waals surface area contributed by atoms with Gasteiger partial charge in [0.1, 0.15) is 0 Å². The van der Waals surface area contributed by atoms with Gasteiger partial charge in [-0.1, -0.05) is 6.92 Å². The monoisotopic (exact) mass is 291 g/mol. The molecule has 19 heavy (non-hydrogen) atoms. The standard InChI is InChI=1S/C12H25N3O3S/c1-2-15-6-7-18-11(10-15)8-14-19(16,17)12-4-3-5-13-9-12/h11-14H,2-10H2,1H3. The molecule has 2 unspecified atom stereocenters. The molecule has 0 amide bonds. The average molecular weight is 291 g/mol. The lowest BCUT2D eigenvalue weighted by Crippen LogP contribution is -2.50. The highest BCUT2D eigenvalue weighted by Crippen LogP contribution is 2.11. The van der Waals surface area contributed by atoms with E-state index in [0.29, 0.717) is 19.7 Å². The van der Waals surface area contributed by atoms with Crippen LogP contribution in [0.1, 0.15) is 19.8 Å². The summed E-state index contributed by atoms with van der Waals surface area (Å²) in [4.78, 5) is 2.28. The fourth-order valence-electron chi connectivity index (χ4n) is 2.60. The van der Waals surface area contributed by atoms with Crippen LogP contribution in [0.15, 0.2) is 0 Å². The Balaban J connectivity index is 1.80. The molecule has 0 aliphatic carbocycles. The summed E-state index contributed by atoms with van der Waals surface area (Å²) >= 11 is 0. The Morgan fingerprint density at radius 3 is 3.00 bits per heavy atom. The maximum atomic E-state index is 12.2. The number of ether oxygens (including phenoxy) is 1. The van der Waals surface area contributed by atoms with E-state index in [1.54, 1.807) is 0 Å². The molecule has 0 saturated carbocycles. The number of hydrogen-bond acceptors (Lipinski definition) is 5. The molecule has 2 aliphatic heterocycles. The second kappa shape index (κ2) is 6.99. The first kappa shape index (κ1) is 15.2. The van der Waals surface area contributed by atoms with Crippen molar-refractivity contribution in [1.82, 2.24) is 14.9 Å². The van der Waals surface area contributed by atoms with Crippen molar-refractivity contribution >= 4 is 10.0 Å². The van der Waals surface area contributed by atoms with Crippen molar-refractivity contribution in [3.8, 4) is 0 Å². The molecule has 0 aromatic rings. The van der Waals surface area contributed by atoms with Crippen molar-refractivity contribution in [3.63, 3.8) is 0 Å². The number of nitrogens with zero attached hydrogens (tertiary/aromatic N) is 1. The summed E-state index contributed by atoms with van der Waals surface area (Å²) in [5.74, 6) is 0. The van der Waals surface area contributed by atoms with Gasteiger partial charge in [0.05, 0.1) is 18.0 Å². The largest absolute Gasteiger partial charge is 0.374 e. The highest BCUT2D eigenvalue weighted by atomic mass is 32.2. The fourth-order valence-corrected chi connectivity index (χ4v) is 4.07. The lowest BCUT2D eigenvalue weighted by molar-refractivity contribution is -0.0229. The molecule has 2 heterocycles. The zero-order chi connectivity index (χ0) is 13.7. The van der Waals surface area contributed by atoms with Crippen molar-refractivity contribution in [1.29, 1.82) is 0 Å². The molecule has 0 aromatic carbocycles. The van der Waals surface area contributed by atoms with Gasteiger partial charge in [-0.05, 0) is 25.9 Å². The number of sulfonamides is 1. The van der Waals surface area contributed by atoms with E-state index < -0.39 is 10.0 Å². The van der Waals surface area contributed by atoms with E-state index in [-0.39, 0.29) is 11.4 Å². The summed E-state index contributed by atoms with van der Waals surface area (Å²) < 4.78 is 32.7. The van der Waals surface area contributed by atoms with Crippen LogP contribution in [-0.4, -0.2) is 70.5 Å². The Labute approximate surface area is 115 Å². The third kappa shape index (κ3) is 4.39. The van der Waals surface area contributed by atoms with Crippen LogP contribution in [0, 0.1) is 0 Å². The topological polar surface area (TPSA) is 70.7 Å². The van der Waals surface area contributed by atoms with Crippen LogP contribution in [0.4, 0.5) is 0 Å². The van der Waals surface area contributed by atoms with Gasteiger partial charge in [0.25, 0.3) is 0 Å². The Hall–Kier alpha value is -0.210. The Bertz CT molecular complexity index is 368. The molecule has 0 spiro atoms. The maximum Gasteiger partial charge on any atom is 0.215 e. The number of piperidine rings is 1. The summed E-state index contributed by atoms with van der Waals surface area (Å²) in [6.45, 7) is 7.39. The number of rotatable bonds is 5. The molecular weight excluding hydrogens is 266 g/mol. The number of morpholine rings is 1. The second-order valence-corrected chi connectivity index (χ2v) is 7.29. The number of likely N-dealkylation sites (N-methyl/N-ethyl adjacent to an activating group) is 1. The minimum absolute atomic E-state index is 0.0278. The van der Waals surface area contributed by atoms with Gasteiger partial charge in [0.2, 0.25) is 10.0 Å². The van der Waals surface area contributed by atoms with Crippen molar-refractivity contribution < 1.29 is 13.2 Å². The average Bonchev–Trinajstić information content (AvgIpc) is 2.46. The van der Waals surface area contributed by atoms with Crippen LogP contribution in [0.2, 0.25) is 0 Å². The van der Waals surface area contributed by atoms with Crippen molar-refractivity contribution in [3.05, 3.63) is 0 Å². The molecule has 2 saturated heterocycles. The molecule has 2 aliphatic rings. The summed E-state index contributed by atoms with van der Waals surface area (Å²) in [5, 5.41) is 2.84. The Morgan fingerprint density at radius 1 is 1.47 bits per heavy atom. The van der Waals surface area contributed by atoms with E-state index in [4.69, 9.17) is 4.74 Å². The van der Waals surface area contributed by atoms with Gasteiger partial charge in [-0.2, -0.15) is 0 Å².